The number of hydrogen-bond acceptors (Lipinski definition) is 0. The molecule has 0 N–H and O–H groups in total. The van der Waals surface area contributed by atoms with E-state index in [2.05, 4.69) is 79.7 Å². The maximum atomic E-state index is 2.55. The first kappa shape index (κ1) is 23.6. The van der Waals surface area contributed by atoms with Gasteiger partial charge < -0.3 is 9.41 Å². The number of rotatable bonds is 2. The van der Waals surface area contributed by atoms with Crippen LogP contribution in [0.15, 0.2) is 42.0 Å². The molecule has 3 heteroatoms. The minimum Gasteiger partial charge on any atom is -1.00 e. The molecular formula is C21H32F2Zr. The normalized spacial score (nSPS) is 16.8. The molecule has 0 atom stereocenters. The van der Waals surface area contributed by atoms with E-state index in [9.17, 15) is 0 Å². The molecule has 2 aliphatic rings. The molecule has 0 unspecified atom stereocenters. The van der Waals surface area contributed by atoms with Gasteiger partial charge in [0.25, 0.3) is 0 Å². The summed E-state index contributed by atoms with van der Waals surface area (Å²) in [5, 5.41) is 0. The Balaban J connectivity index is 0.00000264. The summed E-state index contributed by atoms with van der Waals surface area (Å²) >= 11 is -1.77. The molecule has 0 spiro atoms. The third kappa shape index (κ3) is 5.28. The zero-order chi connectivity index (χ0) is 16.7. The predicted octanol–water partition coefficient (Wildman–Crippen LogP) is 0.345. The van der Waals surface area contributed by atoms with E-state index in [0.29, 0.717) is 0 Å². The van der Waals surface area contributed by atoms with E-state index in [-0.39, 0.29) is 20.2 Å². The summed E-state index contributed by atoms with van der Waals surface area (Å²) < 4.78 is 5.27. The van der Waals surface area contributed by atoms with Gasteiger partial charge >= 0.3 is 146 Å². The van der Waals surface area contributed by atoms with E-state index in [0.717, 1.165) is 0 Å². The van der Waals surface area contributed by atoms with Gasteiger partial charge in [0.1, 0.15) is 0 Å². The summed E-state index contributed by atoms with van der Waals surface area (Å²) in [7, 11) is 0. The van der Waals surface area contributed by atoms with Gasteiger partial charge in [-0.15, -0.1) is 0 Å². The van der Waals surface area contributed by atoms with Crippen LogP contribution >= 0.6 is 0 Å². The van der Waals surface area contributed by atoms with Gasteiger partial charge in [0.2, 0.25) is 0 Å². The number of hydrogen-bond donors (Lipinski definition) is 0. The summed E-state index contributed by atoms with van der Waals surface area (Å²) in [6.07, 6.45) is 12.5. The van der Waals surface area contributed by atoms with Crippen LogP contribution in [0.25, 0.3) is 0 Å². The standard InChI is InChI=1S/2C9H13.C3H6.2FH.Zr/c2*1-9(2,3)8-6-4-5-7-8;1-3-2;;;/h2*6-7H,4H2,1-3H3;1-2H3;2*1H;/q;;;;;+2/p-2. The molecule has 24 heavy (non-hydrogen) atoms. The predicted molar refractivity (Wildman–Crippen MR) is 96.8 cm³/mol. The van der Waals surface area contributed by atoms with Crippen molar-refractivity contribution in [2.45, 2.75) is 68.2 Å². The fraction of sp³-hybridized carbons (Fsp3) is 0.571. The fourth-order valence-electron chi connectivity index (χ4n) is 3.29. The molecule has 0 aromatic rings. The molecular weight excluding hydrogens is 381 g/mol. The maximum absolute atomic E-state index is 2.55. The summed E-state index contributed by atoms with van der Waals surface area (Å²) in [6, 6.07) is 0. The smallest absolute Gasteiger partial charge is 1.00 e. The Kier molecular flexibility index (Phi) is 8.15. The van der Waals surface area contributed by atoms with Crippen LogP contribution in [-0.4, -0.2) is 3.21 Å². The van der Waals surface area contributed by atoms with Crippen molar-refractivity contribution in [3.05, 3.63) is 42.0 Å². The van der Waals surface area contributed by atoms with Crippen LogP contribution < -0.4 is 9.41 Å². The molecule has 0 nitrogen and oxygen atoms in total. The first-order chi connectivity index (χ1) is 10.00. The van der Waals surface area contributed by atoms with Crippen LogP contribution in [0.4, 0.5) is 0 Å². The average Bonchev–Trinajstić information content (AvgIpc) is 2.95. The van der Waals surface area contributed by atoms with Crippen molar-refractivity contribution < 1.29 is 30.7 Å². The Labute approximate surface area is 154 Å². The van der Waals surface area contributed by atoms with Crippen LogP contribution in [0, 0.1) is 10.8 Å². The van der Waals surface area contributed by atoms with E-state index in [1.807, 2.05) is 0 Å². The quantitative estimate of drug-likeness (QED) is 0.613. The van der Waals surface area contributed by atoms with Crippen LogP contribution in [0.2, 0.25) is 0 Å². The fourth-order valence-corrected chi connectivity index (χ4v) is 10.4. The topological polar surface area (TPSA) is 0 Å². The molecule has 0 fully saturated rings. The molecule has 0 amide bonds. The van der Waals surface area contributed by atoms with Crippen molar-refractivity contribution >= 4 is 3.21 Å². The van der Waals surface area contributed by atoms with Crippen molar-refractivity contribution in [2.24, 2.45) is 10.8 Å². The molecule has 134 valence electrons. The van der Waals surface area contributed by atoms with E-state index >= 15 is 0 Å². The van der Waals surface area contributed by atoms with E-state index in [1.165, 1.54) is 12.8 Å². The van der Waals surface area contributed by atoms with Gasteiger partial charge in [-0.3, -0.25) is 0 Å². The minimum atomic E-state index is -1.77. The second kappa shape index (κ2) is 8.30. The molecule has 0 bridgehead atoms. The van der Waals surface area contributed by atoms with Gasteiger partial charge in [-0.25, -0.2) is 0 Å². The summed E-state index contributed by atoms with van der Waals surface area (Å²) in [6.45, 7) is 18.7. The average molecular weight is 414 g/mol. The van der Waals surface area contributed by atoms with Crippen molar-refractivity contribution in [3.8, 4) is 0 Å². The molecule has 0 saturated heterocycles. The van der Waals surface area contributed by atoms with E-state index in [1.54, 1.807) is 20.9 Å². The van der Waals surface area contributed by atoms with Crippen LogP contribution in [0.3, 0.4) is 0 Å². The van der Waals surface area contributed by atoms with Crippen molar-refractivity contribution in [3.63, 3.8) is 0 Å². The third-order valence-corrected chi connectivity index (χ3v) is 11.9. The largest absolute Gasteiger partial charge is 1.00 e. The molecule has 0 aromatic carbocycles. The van der Waals surface area contributed by atoms with Gasteiger partial charge in [0.05, 0.1) is 0 Å². The van der Waals surface area contributed by atoms with Gasteiger partial charge in [-0.2, -0.15) is 0 Å². The molecule has 2 aliphatic carbocycles. The Morgan fingerprint density at radius 3 is 1.29 bits per heavy atom. The number of allylic oxidation sites excluding steroid dienone is 8. The molecule has 0 radical (unpaired) electrons. The minimum absolute atomic E-state index is 0. The zero-order valence-corrected chi connectivity index (χ0v) is 18.9. The molecule has 0 aliphatic heterocycles. The number of halogens is 2. The summed E-state index contributed by atoms with van der Waals surface area (Å²) in [5.74, 6) is 0. The van der Waals surface area contributed by atoms with Crippen molar-refractivity contribution in [1.82, 2.24) is 0 Å². The third-order valence-electron chi connectivity index (χ3n) is 4.62. The first-order valence-corrected chi connectivity index (χ1v) is 12.2. The van der Waals surface area contributed by atoms with Crippen molar-refractivity contribution in [2.75, 3.05) is 0 Å². The Morgan fingerprint density at radius 2 is 1.08 bits per heavy atom. The Bertz CT molecular complexity index is 576. The van der Waals surface area contributed by atoms with E-state index in [4.69, 9.17) is 0 Å². The molecule has 2 rings (SSSR count). The van der Waals surface area contributed by atoms with Gasteiger partial charge in [-0.1, -0.05) is 0 Å². The Morgan fingerprint density at radius 1 is 0.750 bits per heavy atom. The van der Waals surface area contributed by atoms with Gasteiger partial charge in [0.15, 0.2) is 0 Å². The SMILES string of the molecule is C[C](C)=[Zr+2]([C]1=CC(C(C)(C)C)=CC1)[C]1=CC(C(C)(C)C)=CC1.[F-].[F-]. The zero-order valence-electron chi connectivity index (χ0n) is 16.5. The first-order valence-electron chi connectivity index (χ1n) is 8.51. The summed E-state index contributed by atoms with van der Waals surface area (Å²) in [4.78, 5) is 0. The molecule has 0 heterocycles. The van der Waals surface area contributed by atoms with Gasteiger partial charge in [0, 0.05) is 0 Å². The Hall–Kier alpha value is -0.427. The second-order valence-electron chi connectivity index (χ2n) is 8.94. The van der Waals surface area contributed by atoms with Crippen LogP contribution in [0.1, 0.15) is 68.2 Å². The van der Waals surface area contributed by atoms with E-state index < -0.39 is 21.3 Å². The van der Waals surface area contributed by atoms with Crippen molar-refractivity contribution in [1.29, 1.82) is 0 Å². The van der Waals surface area contributed by atoms with Crippen LogP contribution in [-0.2, 0) is 21.3 Å². The molecule has 0 saturated carbocycles. The van der Waals surface area contributed by atoms with Crippen LogP contribution in [0.5, 0.6) is 0 Å². The monoisotopic (exact) mass is 412 g/mol. The summed E-state index contributed by atoms with van der Waals surface area (Å²) in [5.41, 5.74) is 3.67. The molecule has 0 aromatic heterocycles. The second-order valence-corrected chi connectivity index (χ2v) is 16.4. The van der Waals surface area contributed by atoms with Gasteiger partial charge in [-0.05, 0) is 0 Å². The maximum Gasteiger partial charge on any atom is -1.00 e.